The van der Waals surface area contributed by atoms with Gasteiger partial charge in [-0.3, -0.25) is 9.59 Å². The summed E-state index contributed by atoms with van der Waals surface area (Å²) >= 11 is 0. The summed E-state index contributed by atoms with van der Waals surface area (Å²) in [5.41, 5.74) is 0. The first kappa shape index (κ1) is 19.1. The molecule has 0 amide bonds. The molecule has 1 heterocycles. The van der Waals surface area contributed by atoms with Crippen LogP contribution in [0.3, 0.4) is 0 Å². The van der Waals surface area contributed by atoms with Gasteiger partial charge in [0.25, 0.3) is 0 Å². The van der Waals surface area contributed by atoms with Gasteiger partial charge in [-0.25, -0.2) is 0 Å². The summed E-state index contributed by atoms with van der Waals surface area (Å²) in [6.07, 6.45) is 10.4. The summed E-state index contributed by atoms with van der Waals surface area (Å²) in [6.45, 7) is 2.19. The van der Waals surface area contributed by atoms with Crippen molar-refractivity contribution in [2.24, 2.45) is 11.8 Å². The van der Waals surface area contributed by atoms with Gasteiger partial charge < -0.3 is 14.9 Å². The molecule has 22 heavy (non-hydrogen) atoms. The van der Waals surface area contributed by atoms with Crippen LogP contribution in [0, 0.1) is 11.8 Å². The Morgan fingerprint density at radius 3 is 1.95 bits per heavy atom. The third-order valence-corrected chi connectivity index (χ3v) is 4.39. The molecule has 1 saturated carbocycles. The number of hydrogen-bond acceptors (Lipinski definition) is 5. The van der Waals surface area contributed by atoms with Crippen molar-refractivity contribution >= 4 is 11.9 Å². The quantitative estimate of drug-likeness (QED) is 0.327. The van der Waals surface area contributed by atoms with E-state index in [1.165, 1.54) is 25.7 Å². The van der Waals surface area contributed by atoms with Gasteiger partial charge in [-0.05, 0) is 25.7 Å². The topological polar surface area (TPSA) is 83.8 Å². The predicted molar refractivity (Wildman–Crippen MR) is 82.8 cm³/mol. The number of ether oxygens (including phenoxy) is 1. The number of cyclic esters (lactones) is 2. The summed E-state index contributed by atoms with van der Waals surface area (Å²) < 4.78 is 4.53. The van der Waals surface area contributed by atoms with Crippen LogP contribution in [0.2, 0.25) is 0 Å². The first-order chi connectivity index (χ1) is 10.6. The lowest BCUT2D eigenvalue weighted by Crippen LogP contribution is -2.21. The molecular formula is C17H30O5. The molecule has 2 fully saturated rings. The molecule has 0 bridgehead atoms. The molecule has 2 aliphatic rings. The molecule has 0 aromatic heterocycles. The Morgan fingerprint density at radius 1 is 0.955 bits per heavy atom. The molecule has 0 spiro atoms. The fourth-order valence-electron chi connectivity index (χ4n) is 3.05. The first-order valence-electron chi connectivity index (χ1n) is 8.68. The summed E-state index contributed by atoms with van der Waals surface area (Å²) in [5.74, 6) is -0.785. The number of esters is 2. The van der Waals surface area contributed by atoms with E-state index in [9.17, 15) is 9.59 Å². The van der Waals surface area contributed by atoms with Crippen molar-refractivity contribution < 1.29 is 24.5 Å². The van der Waals surface area contributed by atoms with Gasteiger partial charge in [0.1, 0.15) is 0 Å². The second-order valence-corrected chi connectivity index (χ2v) is 6.27. The number of unbranched alkanes of at least 4 members (excludes halogenated alkanes) is 5. The molecule has 0 radical (unpaired) electrons. The van der Waals surface area contributed by atoms with Crippen molar-refractivity contribution in [2.75, 3.05) is 0 Å². The van der Waals surface area contributed by atoms with Gasteiger partial charge in [0, 0.05) is 0 Å². The van der Waals surface area contributed by atoms with Crippen LogP contribution >= 0.6 is 0 Å². The van der Waals surface area contributed by atoms with E-state index in [4.69, 9.17) is 10.2 Å². The molecule has 2 unspecified atom stereocenters. The van der Waals surface area contributed by atoms with Crippen molar-refractivity contribution in [3.05, 3.63) is 0 Å². The Bertz CT molecular complexity index is 318. The molecule has 1 aliphatic heterocycles. The molecule has 1 saturated heterocycles. The second kappa shape index (κ2) is 10.7. The third-order valence-electron chi connectivity index (χ3n) is 4.39. The Morgan fingerprint density at radius 2 is 1.45 bits per heavy atom. The fraction of sp³-hybridized carbons (Fsp3) is 0.882. The van der Waals surface area contributed by atoms with Gasteiger partial charge >= 0.3 is 11.9 Å². The van der Waals surface area contributed by atoms with Gasteiger partial charge in [-0.15, -0.1) is 0 Å². The fourth-order valence-corrected chi connectivity index (χ4v) is 3.05. The third kappa shape index (κ3) is 6.88. The lowest BCUT2D eigenvalue weighted by molar-refractivity contribution is -0.153. The van der Waals surface area contributed by atoms with Crippen LogP contribution in [0.5, 0.6) is 0 Å². The molecule has 5 heteroatoms. The Kier molecular flexibility index (Phi) is 9.32. The maximum Gasteiger partial charge on any atom is 0.317 e. The second-order valence-electron chi connectivity index (χ2n) is 6.27. The smallest absolute Gasteiger partial charge is 0.317 e. The van der Waals surface area contributed by atoms with Crippen LogP contribution in [0.1, 0.15) is 77.6 Å². The molecule has 5 nitrogen and oxygen atoms in total. The van der Waals surface area contributed by atoms with E-state index in [2.05, 4.69) is 11.7 Å². The van der Waals surface area contributed by atoms with Crippen molar-refractivity contribution in [3.8, 4) is 0 Å². The van der Waals surface area contributed by atoms with Crippen LogP contribution in [-0.4, -0.2) is 28.4 Å². The molecule has 2 N–H and O–H groups in total. The minimum absolute atomic E-state index is 0.101. The van der Waals surface area contributed by atoms with Crippen molar-refractivity contribution in [1.29, 1.82) is 0 Å². The van der Waals surface area contributed by atoms with E-state index in [1.54, 1.807) is 0 Å². The van der Waals surface area contributed by atoms with Crippen LogP contribution in [0.4, 0.5) is 0 Å². The zero-order valence-corrected chi connectivity index (χ0v) is 13.6. The molecule has 2 atom stereocenters. The largest absolute Gasteiger partial charge is 0.393 e. The van der Waals surface area contributed by atoms with Gasteiger partial charge in [0.05, 0.1) is 11.8 Å². The summed E-state index contributed by atoms with van der Waals surface area (Å²) in [5, 5.41) is 17.0. The maximum atomic E-state index is 11.0. The highest BCUT2D eigenvalue weighted by atomic mass is 16.6. The maximum absolute atomic E-state index is 11.0. The van der Waals surface area contributed by atoms with Crippen LogP contribution in [0.15, 0.2) is 0 Å². The number of carbonyl (C=O) groups is 2. The predicted octanol–water partition coefficient (Wildman–Crippen LogP) is 2.92. The zero-order valence-electron chi connectivity index (χ0n) is 13.6. The first-order valence-corrected chi connectivity index (χ1v) is 8.68. The Balaban J connectivity index is 0.000000220. The number of rotatable bonds is 7. The van der Waals surface area contributed by atoms with Crippen LogP contribution < -0.4 is 0 Å². The monoisotopic (exact) mass is 314 g/mol. The zero-order chi connectivity index (χ0) is 16.4. The number of fused-ring (bicyclic) bond motifs is 1. The average molecular weight is 314 g/mol. The highest BCUT2D eigenvalue weighted by Crippen LogP contribution is 2.36. The van der Waals surface area contributed by atoms with Crippen LogP contribution in [0.25, 0.3) is 0 Å². The molecule has 2 rings (SSSR count). The molecule has 1 aliphatic carbocycles. The normalized spacial score (nSPS) is 23.8. The molecule has 0 aromatic rings. The highest BCUT2D eigenvalue weighted by molar-refractivity contribution is 5.96. The van der Waals surface area contributed by atoms with E-state index in [0.717, 1.165) is 38.5 Å². The van der Waals surface area contributed by atoms with E-state index in [0.29, 0.717) is 6.42 Å². The lowest BCUT2D eigenvalue weighted by atomic mass is 9.81. The molecule has 0 aromatic carbocycles. The molecular weight excluding hydrogens is 284 g/mol. The van der Waals surface area contributed by atoms with E-state index >= 15 is 0 Å². The Labute approximate surface area is 133 Å². The van der Waals surface area contributed by atoms with E-state index in [1.807, 2.05) is 0 Å². The van der Waals surface area contributed by atoms with Gasteiger partial charge in [0.15, 0.2) is 6.29 Å². The van der Waals surface area contributed by atoms with E-state index < -0.39 is 6.29 Å². The number of aliphatic hydroxyl groups is 2. The number of carbonyl (C=O) groups excluding carboxylic acids is 2. The Hall–Kier alpha value is -0.940. The SMILES string of the molecule is CCCCCCCCC(O)O.O=C1OC(=O)C2CCCCC12. The van der Waals surface area contributed by atoms with Gasteiger partial charge in [-0.1, -0.05) is 51.9 Å². The number of hydrogen-bond donors (Lipinski definition) is 2. The van der Waals surface area contributed by atoms with Crippen molar-refractivity contribution in [3.63, 3.8) is 0 Å². The van der Waals surface area contributed by atoms with Crippen LogP contribution in [-0.2, 0) is 14.3 Å². The van der Waals surface area contributed by atoms with Crippen molar-refractivity contribution in [2.45, 2.75) is 83.8 Å². The standard InChI is InChI=1S/C9H20O2.C8H10O3/c1-2-3-4-5-6-7-8-9(10)11;9-7-5-3-1-2-4-6(5)8(10)11-7/h9-11H,2-8H2,1H3;5-6H,1-4H2. The summed E-state index contributed by atoms with van der Waals surface area (Å²) in [6, 6.07) is 0. The minimum atomic E-state index is -1.10. The van der Waals surface area contributed by atoms with Crippen molar-refractivity contribution in [1.82, 2.24) is 0 Å². The molecule has 128 valence electrons. The van der Waals surface area contributed by atoms with Gasteiger partial charge in [0.2, 0.25) is 0 Å². The summed E-state index contributed by atoms with van der Waals surface area (Å²) in [7, 11) is 0. The average Bonchev–Trinajstić information content (AvgIpc) is 2.79. The van der Waals surface area contributed by atoms with Gasteiger partial charge in [-0.2, -0.15) is 0 Å². The minimum Gasteiger partial charge on any atom is -0.393 e. The lowest BCUT2D eigenvalue weighted by Gasteiger charge is -2.18. The van der Waals surface area contributed by atoms with E-state index in [-0.39, 0.29) is 23.8 Å². The number of aliphatic hydroxyl groups excluding tert-OH is 1. The summed E-state index contributed by atoms with van der Waals surface area (Å²) in [4.78, 5) is 22.0. The highest BCUT2D eigenvalue weighted by Gasteiger charge is 2.44.